The molecule has 2 aromatic carbocycles. The number of para-hydroxylation sites is 1. The largest absolute Gasteiger partial charge is 0.467 e. The Morgan fingerprint density at radius 3 is 2.59 bits per heavy atom. The average Bonchev–Trinajstić information content (AvgIpc) is 3.40. The molecule has 1 aromatic heterocycles. The van der Waals surface area contributed by atoms with Gasteiger partial charge in [-0.2, -0.15) is 0 Å². The summed E-state index contributed by atoms with van der Waals surface area (Å²) < 4.78 is 18.6. The second-order valence-electron chi connectivity index (χ2n) is 6.77. The molecule has 0 saturated carbocycles. The summed E-state index contributed by atoms with van der Waals surface area (Å²) in [4.78, 5) is 26.6. The molecule has 2 N–H and O–H groups in total. The summed E-state index contributed by atoms with van der Waals surface area (Å²) in [5, 5.41) is 5.14. The fraction of sp³-hybridized carbons (Fsp3) is 0.182. The van der Waals surface area contributed by atoms with E-state index in [1.54, 1.807) is 12.3 Å². The number of benzene rings is 2. The van der Waals surface area contributed by atoms with E-state index in [0.717, 1.165) is 18.7 Å². The number of amides is 2. The topological polar surface area (TPSA) is 74.6 Å². The van der Waals surface area contributed by atoms with Gasteiger partial charge >= 0.3 is 11.8 Å². The molecule has 0 spiro atoms. The van der Waals surface area contributed by atoms with Crippen molar-refractivity contribution in [3.63, 3.8) is 0 Å². The standard InChI is InChI=1S/C22H20FN3O3/c23-16-7-9-17(10-8-16)25-22(28)21(27)24-14-19(20-6-3-13-29-20)26-12-11-15-4-1-2-5-18(15)26/h1-10,13,19H,11-12,14H2,(H,24,27)(H,25,28)/t19-/m1/s1. The lowest BCUT2D eigenvalue weighted by Crippen LogP contribution is -2.41. The summed E-state index contributed by atoms with van der Waals surface area (Å²) in [6.07, 6.45) is 2.50. The molecule has 2 heterocycles. The molecule has 3 aromatic rings. The lowest BCUT2D eigenvalue weighted by atomic mass is 10.1. The minimum Gasteiger partial charge on any atom is -0.467 e. The second-order valence-corrected chi connectivity index (χ2v) is 6.77. The summed E-state index contributed by atoms with van der Waals surface area (Å²) >= 11 is 0. The number of hydrogen-bond donors (Lipinski definition) is 2. The third-order valence-electron chi connectivity index (χ3n) is 4.94. The number of rotatable bonds is 5. The molecular formula is C22H20FN3O3. The summed E-state index contributed by atoms with van der Waals surface area (Å²) in [7, 11) is 0. The fourth-order valence-corrected chi connectivity index (χ4v) is 3.52. The zero-order chi connectivity index (χ0) is 20.2. The van der Waals surface area contributed by atoms with Crippen molar-refractivity contribution in [1.82, 2.24) is 5.32 Å². The molecule has 148 valence electrons. The molecule has 1 aliphatic rings. The zero-order valence-corrected chi connectivity index (χ0v) is 15.6. The van der Waals surface area contributed by atoms with Crippen LogP contribution in [-0.4, -0.2) is 24.9 Å². The molecule has 0 saturated heterocycles. The van der Waals surface area contributed by atoms with Crippen molar-refractivity contribution in [2.24, 2.45) is 0 Å². The van der Waals surface area contributed by atoms with E-state index in [4.69, 9.17) is 4.42 Å². The van der Waals surface area contributed by atoms with E-state index >= 15 is 0 Å². The van der Waals surface area contributed by atoms with Gasteiger partial charge in [-0.3, -0.25) is 9.59 Å². The molecule has 1 aliphatic heterocycles. The molecule has 0 aliphatic carbocycles. The highest BCUT2D eigenvalue weighted by molar-refractivity contribution is 6.39. The molecule has 2 amide bonds. The fourth-order valence-electron chi connectivity index (χ4n) is 3.52. The summed E-state index contributed by atoms with van der Waals surface area (Å²) in [6.45, 7) is 1.000. The van der Waals surface area contributed by atoms with Gasteiger partial charge in [0.25, 0.3) is 0 Å². The van der Waals surface area contributed by atoms with E-state index in [0.29, 0.717) is 11.4 Å². The Labute approximate surface area is 167 Å². The number of carbonyl (C=O) groups excluding carboxylic acids is 2. The molecule has 6 nitrogen and oxygen atoms in total. The lowest BCUT2D eigenvalue weighted by molar-refractivity contribution is -0.136. The van der Waals surface area contributed by atoms with Crippen LogP contribution in [-0.2, 0) is 16.0 Å². The molecule has 7 heteroatoms. The van der Waals surface area contributed by atoms with Crippen LogP contribution in [0.15, 0.2) is 71.3 Å². The third kappa shape index (κ3) is 4.13. The smallest absolute Gasteiger partial charge is 0.313 e. The quantitative estimate of drug-likeness (QED) is 0.653. The van der Waals surface area contributed by atoms with Crippen LogP contribution >= 0.6 is 0 Å². The van der Waals surface area contributed by atoms with Crippen molar-refractivity contribution >= 4 is 23.2 Å². The number of carbonyl (C=O) groups is 2. The Bertz CT molecular complexity index is 1000. The Morgan fingerprint density at radius 1 is 1.03 bits per heavy atom. The van der Waals surface area contributed by atoms with Crippen LogP contribution in [0.2, 0.25) is 0 Å². The van der Waals surface area contributed by atoms with Crippen LogP contribution in [0.5, 0.6) is 0 Å². The van der Waals surface area contributed by atoms with Crippen LogP contribution < -0.4 is 15.5 Å². The van der Waals surface area contributed by atoms with Gasteiger partial charge in [0, 0.05) is 24.5 Å². The normalized spacial score (nSPS) is 13.6. The van der Waals surface area contributed by atoms with E-state index in [9.17, 15) is 14.0 Å². The monoisotopic (exact) mass is 393 g/mol. The highest BCUT2D eigenvalue weighted by atomic mass is 19.1. The Balaban J connectivity index is 1.44. The number of furan rings is 1. The first-order valence-electron chi connectivity index (χ1n) is 9.34. The molecule has 4 rings (SSSR count). The number of fused-ring (bicyclic) bond motifs is 1. The van der Waals surface area contributed by atoms with Crippen LogP contribution in [0.3, 0.4) is 0 Å². The van der Waals surface area contributed by atoms with E-state index in [2.05, 4.69) is 21.6 Å². The number of nitrogens with zero attached hydrogens (tertiary/aromatic N) is 1. The molecule has 0 radical (unpaired) electrons. The van der Waals surface area contributed by atoms with Crippen molar-refractivity contribution in [2.45, 2.75) is 12.5 Å². The first-order valence-corrected chi connectivity index (χ1v) is 9.34. The van der Waals surface area contributed by atoms with E-state index in [1.807, 2.05) is 24.3 Å². The van der Waals surface area contributed by atoms with Crippen molar-refractivity contribution in [3.8, 4) is 0 Å². The summed E-state index contributed by atoms with van der Waals surface area (Å²) in [6, 6.07) is 16.7. The molecular weight excluding hydrogens is 373 g/mol. The second kappa shape index (κ2) is 8.18. The van der Waals surface area contributed by atoms with Crippen LogP contribution in [0, 0.1) is 5.82 Å². The predicted octanol–water partition coefficient (Wildman–Crippen LogP) is 3.28. The number of halogens is 1. The zero-order valence-electron chi connectivity index (χ0n) is 15.6. The van der Waals surface area contributed by atoms with Crippen molar-refractivity contribution in [3.05, 3.63) is 84.1 Å². The number of nitrogens with one attached hydrogen (secondary N) is 2. The van der Waals surface area contributed by atoms with Crippen LogP contribution in [0.4, 0.5) is 15.8 Å². The van der Waals surface area contributed by atoms with Gasteiger partial charge in [0.05, 0.1) is 6.26 Å². The molecule has 0 bridgehead atoms. The molecule has 0 unspecified atom stereocenters. The maximum atomic E-state index is 13.0. The van der Waals surface area contributed by atoms with Crippen LogP contribution in [0.1, 0.15) is 17.4 Å². The lowest BCUT2D eigenvalue weighted by Gasteiger charge is -2.29. The SMILES string of the molecule is O=C(NC[C@H](c1ccco1)N1CCc2ccccc21)C(=O)Nc1ccc(F)cc1. The van der Waals surface area contributed by atoms with Gasteiger partial charge in [-0.1, -0.05) is 18.2 Å². The first-order chi connectivity index (χ1) is 14.1. The highest BCUT2D eigenvalue weighted by Gasteiger charge is 2.29. The summed E-state index contributed by atoms with van der Waals surface area (Å²) in [5.41, 5.74) is 2.69. The maximum Gasteiger partial charge on any atom is 0.313 e. The Morgan fingerprint density at radius 2 is 1.83 bits per heavy atom. The summed E-state index contributed by atoms with van der Waals surface area (Å²) in [5.74, 6) is -1.28. The minimum absolute atomic E-state index is 0.206. The third-order valence-corrected chi connectivity index (χ3v) is 4.94. The Hall–Kier alpha value is -3.61. The van der Waals surface area contributed by atoms with E-state index in [1.165, 1.54) is 29.8 Å². The van der Waals surface area contributed by atoms with Crippen molar-refractivity contribution < 1.29 is 18.4 Å². The van der Waals surface area contributed by atoms with Gasteiger partial charge in [0.15, 0.2) is 0 Å². The minimum atomic E-state index is -0.809. The maximum absolute atomic E-state index is 13.0. The average molecular weight is 393 g/mol. The van der Waals surface area contributed by atoms with E-state index < -0.39 is 17.6 Å². The Kier molecular flexibility index (Phi) is 5.29. The number of anilines is 2. The van der Waals surface area contributed by atoms with Gasteiger partial charge in [-0.25, -0.2) is 4.39 Å². The molecule has 1 atom stereocenters. The van der Waals surface area contributed by atoms with Gasteiger partial charge in [-0.15, -0.1) is 0 Å². The van der Waals surface area contributed by atoms with Crippen LogP contribution in [0.25, 0.3) is 0 Å². The first kappa shape index (κ1) is 18.7. The van der Waals surface area contributed by atoms with Gasteiger partial charge in [0.1, 0.15) is 17.6 Å². The van der Waals surface area contributed by atoms with Gasteiger partial charge in [0.2, 0.25) is 0 Å². The van der Waals surface area contributed by atoms with E-state index in [-0.39, 0.29) is 12.6 Å². The molecule has 0 fully saturated rings. The van der Waals surface area contributed by atoms with Gasteiger partial charge < -0.3 is 20.0 Å². The van der Waals surface area contributed by atoms with Crippen molar-refractivity contribution in [2.75, 3.05) is 23.3 Å². The highest BCUT2D eigenvalue weighted by Crippen LogP contribution is 2.34. The molecule has 29 heavy (non-hydrogen) atoms. The predicted molar refractivity (Wildman–Crippen MR) is 107 cm³/mol. The van der Waals surface area contributed by atoms with Crippen molar-refractivity contribution in [1.29, 1.82) is 0 Å². The van der Waals surface area contributed by atoms with Gasteiger partial charge in [-0.05, 0) is 54.4 Å². The number of hydrogen-bond acceptors (Lipinski definition) is 4.